The van der Waals surface area contributed by atoms with E-state index in [0.29, 0.717) is 18.4 Å². The molecule has 0 bridgehead atoms. The quantitative estimate of drug-likeness (QED) is 0.748. The van der Waals surface area contributed by atoms with Crippen LogP contribution in [0.15, 0.2) is 0 Å². The summed E-state index contributed by atoms with van der Waals surface area (Å²) in [7, 11) is 0. The minimum Gasteiger partial charge on any atom is -0.464 e. The molecular formula is C13H23NO2. The van der Waals surface area contributed by atoms with Crippen LogP contribution in [0.2, 0.25) is 0 Å². The van der Waals surface area contributed by atoms with Crippen molar-refractivity contribution < 1.29 is 9.53 Å². The van der Waals surface area contributed by atoms with E-state index in [1.54, 1.807) is 0 Å². The molecule has 2 fully saturated rings. The molecule has 2 unspecified atom stereocenters. The monoisotopic (exact) mass is 225 g/mol. The Morgan fingerprint density at radius 1 is 1.31 bits per heavy atom. The average molecular weight is 225 g/mol. The molecule has 0 aromatic carbocycles. The Morgan fingerprint density at radius 3 is 2.75 bits per heavy atom. The third-order valence-electron chi connectivity index (χ3n) is 3.89. The molecule has 1 saturated heterocycles. The molecule has 1 aliphatic carbocycles. The molecule has 0 aromatic rings. The Bertz CT molecular complexity index is 236. The summed E-state index contributed by atoms with van der Waals surface area (Å²) >= 11 is 0. The topological polar surface area (TPSA) is 38.3 Å². The highest BCUT2D eigenvalue weighted by molar-refractivity contribution is 5.75. The summed E-state index contributed by atoms with van der Waals surface area (Å²) in [6, 6.07) is -0.0508. The van der Waals surface area contributed by atoms with Gasteiger partial charge in [0.15, 0.2) is 0 Å². The first-order valence-corrected chi connectivity index (χ1v) is 6.65. The van der Waals surface area contributed by atoms with E-state index < -0.39 is 0 Å². The van der Waals surface area contributed by atoms with E-state index in [1.807, 2.05) is 0 Å². The van der Waals surface area contributed by atoms with E-state index in [2.05, 4.69) is 12.2 Å². The molecule has 16 heavy (non-hydrogen) atoms. The van der Waals surface area contributed by atoms with E-state index in [0.717, 1.165) is 13.0 Å². The van der Waals surface area contributed by atoms with Crippen LogP contribution in [0.4, 0.5) is 0 Å². The molecule has 2 atom stereocenters. The predicted octanol–water partition coefficient (Wildman–Crippen LogP) is 2.11. The number of hydrogen-bond acceptors (Lipinski definition) is 3. The number of carbonyl (C=O) groups is 1. The smallest absolute Gasteiger partial charge is 0.323 e. The first-order chi connectivity index (χ1) is 7.75. The van der Waals surface area contributed by atoms with E-state index in [9.17, 15) is 4.79 Å². The van der Waals surface area contributed by atoms with E-state index in [-0.39, 0.29) is 12.0 Å². The van der Waals surface area contributed by atoms with Crippen molar-refractivity contribution in [3.8, 4) is 0 Å². The summed E-state index contributed by atoms with van der Waals surface area (Å²) in [5.74, 6) is 1.24. The molecule has 0 amide bonds. The highest BCUT2D eigenvalue weighted by Crippen LogP contribution is 2.25. The SMILES string of the molecule is CC1CCNC(C(=O)OCC2CCCC2)C1. The fourth-order valence-electron chi connectivity index (χ4n) is 2.76. The number of esters is 1. The zero-order chi connectivity index (χ0) is 11.4. The summed E-state index contributed by atoms with van der Waals surface area (Å²) in [6.45, 7) is 3.80. The van der Waals surface area contributed by atoms with Crippen LogP contribution in [0.5, 0.6) is 0 Å². The Labute approximate surface area is 97.9 Å². The lowest BCUT2D eigenvalue weighted by atomic mass is 9.94. The Hall–Kier alpha value is -0.570. The maximum Gasteiger partial charge on any atom is 0.323 e. The van der Waals surface area contributed by atoms with Crippen LogP contribution in [0.25, 0.3) is 0 Å². The van der Waals surface area contributed by atoms with Crippen LogP contribution in [-0.2, 0) is 9.53 Å². The molecule has 3 heteroatoms. The fourth-order valence-corrected chi connectivity index (χ4v) is 2.76. The van der Waals surface area contributed by atoms with Gasteiger partial charge in [0.05, 0.1) is 6.61 Å². The van der Waals surface area contributed by atoms with Gasteiger partial charge in [-0.25, -0.2) is 0 Å². The lowest BCUT2D eigenvalue weighted by Crippen LogP contribution is -2.44. The summed E-state index contributed by atoms with van der Waals surface area (Å²) in [6.07, 6.45) is 7.20. The maximum atomic E-state index is 11.8. The molecule has 0 spiro atoms. The first-order valence-electron chi connectivity index (χ1n) is 6.65. The maximum absolute atomic E-state index is 11.8. The average Bonchev–Trinajstić information content (AvgIpc) is 2.78. The summed E-state index contributed by atoms with van der Waals surface area (Å²) in [5.41, 5.74) is 0. The molecule has 2 aliphatic rings. The van der Waals surface area contributed by atoms with Gasteiger partial charge in [-0.05, 0) is 44.1 Å². The number of nitrogens with one attached hydrogen (secondary N) is 1. The second-order valence-corrected chi connectivity index (χ2v) is 5.42. The Morgan fingerprint density at radius 2 is 2.06 bits per heavy atom. The summed E-state index contributed by atoms with van der Waals surface area (Å²) < 4.78 is 5.41. The number of carbonyl (C=O) groups excluding carboxylic acids is 1. The van der Waals surface area contributed by atoms with E-state index in [4.69, 9.17) is 4.74 Å². The minimum absolute atomic E-state index is 0.0292. The molecular weight excluding hydrogens is 202 g/mol. The summed E-state index contributed by atoms with van der Waals surface area (Å²) in [5, 5.41) is 3.25. The molecule has 0 aromatic heterocycles. The van der Waals surface area contributed by atoms with Gasteiger partial charge in [-0.2, -0.15) is 0 Å². The van der Waals surface area contributed by atoms with Crippen molar-refractivity contribution in [2.24, 2.45) is 11.8 Å². The number of piperidine rings is 1. The van der Waals surface area contributed by atoms with Gasteiger partial charge in [0.25, 0.3) is 0 Å². The minimum atomic E-state index is -0.0508. The third-order valence-corrected chi connectivity index (χ3v) is 3.89. The van der Waals surface area contributed by atoms with Gasteiger partial charge < -0.3 is 10.1 Å². The predicted molar refractivity (Wildman–Crippen MR) is 63.1 cm³/mol. The van der Waals surface area contributed by atoms with Crippen LogP contribution in [0, 0.1) is 11.8 Å². The molecule has 3 nitrogen and oxygen atoms in total. The van der Waals surface area contributed by atoms with Gasteiger partial charge in [0, 0.05) is 0 Å². The van der Waals surface area contributed by atoms with Crippen LogP contribution >= 0.6 is 0 Å². The standard InChI is InChI=1S/C13H23NO2/c1-10-6-7-14-12(8-10)13(15)16-9-11-4-2-3-5-11/h10-12,14H,2-9H2,1H3. The highest BCUT2D eigenvalue weighted by atomic mass is 16.5. The van der Waals surface area contributed by atoms with Gasteiger partial charge in [-0.3, -0.25) is 4.79 Å². The lowest BCUT2D eigenvalue weighted by molar-refractivity contribution is -0.148. The normalized spacial score (nSPS) is 31.6. The van der Waals surface area contributed by atoms with Crippen molar-refractivity contribution in [2.75, 3.05) is 13.2 Å². The molecule has 1 N–H and O–H groups in total. The number of hydrogen-bond donors (Lipinski definition) is 1. The zero-order valence-corrected chi connectivity index (χ0v) is 10.2. The second kappa shape index (κ2) is 5.67. The van der Waals surface area contributed by atoms with Gasteiger partial charge in [-0.1, -0.05) is 19.8 Å². The zero-order valence-electron chi connectivity index (χ0n) is 10.2. The van der Waals surface area contributed by atoms with Crippen molar-refractivity contribution in [1.82, 2.24) is 5.32 Å². The molecule has 0 radical (unpaired) electrons. The first kappa shape index (κ1) is 11.9. The lowest BCUT2D eigenvalue weighted by Gasteiger charge is -2.26. The van der Waals surface area contributed by atoms with Gasteiger partial charge in [0.2, 0.25) is 0 Å². The van der Waals surface area contributed by atoms with Crippen LogP contribution < -0.4 is 5.32 Å². The van der Waals surface area contributed by atoms with Crippen molar-refractivity contribution in [2.45, 2.75) is 51.5 Å². The molecule has 1 heterocycles. The largest absolute Gasteiger partial charge is 0.464 e. The third kappa shape index (κ3) is 3.21. The van der Waals surface area contributed by atoms with Gasteiger partial charge in [-0.15, -0.1) is 0 Å². The fraction of sp³-hybridized carbons (Fsp3) is 0.923. The molecule has 1 aliphatic heterocycles. The van der Waals surface area contributed by atoms with Crippen molar-refractivity contribution >= 4 is 5.97 Å². The Kier molecular flexibility index (Phi) is 4.22. The Balaban J connectivity index is 1.70. The van der Waals surface area contributed by atoms with Crippen molar-refractivity contribution in [3.05, 3.63) is 0 Å². The molecule has 1 saturated carbocycles. The van der Waals surface area contributed by atoms with E-state index >= 15 is 0 Å². The highest BCUT2D eigenvalue weighted by Gasteiger charge is 2.26. The number of ether oxygens (including phenoxy) is 1. The van der Waals surface area contributed by atoms with Crippen LogP contribution in [0.3, 0.4) is 0 Å². The van der Waals surface area contributed by atoms with E-state index in [1.165, 1.54) is 32.1 Å². The molecule has 2 rings (SSSR count). The van der Waals surface area contributed by atoms with Crippen LogP contribution in [-0.4, -0.2) is 25.2 Å². The van der Waals surface area contributed by atoms with Crippen molar-refractivity contribution in [3.63, 3.8) is 0 Å². The second-order valence-electron chi connectivity index (χ2n) is 5.42. The van der Waals surface area contributed by atoms with Gasteiger partial charge >= 0.3 is 5.97 Å². The van der Waals surface area contributed by atoms with Gasteiger partial charge in [0.1, 0.15) is 6.04 Å². The molecule has 92 valence electrons. The number of rotatable bonds is 3. The summed E-state index contributed by atoms with van der Waals surface area (Å²) in [4.78, 5) is 11.8. The van der Waals surface area contributed by atoms with Crippen LogP contribution in [0.1, 0.15) is 45.4 Å². The van der Waals surface area contributed by atoms with Crippen molar-refractivity contribution in [1.29, 1.82) is 0 Å².